The van der Waals surface area contributed by atoms with E-state index in [-0.39, 0.29) is 30.4 Å². The maximum absolute atomic E-state index is 12.2. The van der Waals surface area contributed by atoms with E-state index in [1.165, 1.54) is 11.3 Å². The maximum Gasteiger partial charge on any atom is 0.223 e. The average molecular weight is 330 g/mol. The Balaban J connectivity index is 1.82. The lowest BCUT2D eigenvalue weighted by Crippen LogP contribution is -2.43. The molecule has 4 nitrogen and oxygen atoms in total. The molecule has 1 aliphatic rings. The lowest BCUT2D eigenvalue weighted by atomic mass is 9.93. The van der Waals surface area contributed by atoms with Crippen LogP contribution in [0, 0.1) is 5.92 Å². The van der Waals surface area contributed by atoms with Gasteiger partial charge in [0.2, 0.25) is 5.91 Å². The number of carbonyl (C=O) groups is 2. The number of rotatable bonds is 5. The Morgan fingerprint density at radius 1 is 1.48 bits per heavy atom. The topological polar surface area (TPSA) is 57.6 Å². The third-order valence-electron chi connectivity index (χ3n) is 3.91. The molecule has 21 heavy (non-hydrogen) atoms. The van der Waals surface area contributed by atoms with Gasteiger partial charge in [-0.25, -0.2) is 0 Å². The molecule has 116 valence electrons. The molecule has 1 aromatic heterocycles. The molecule has 0 aromatic carbocycles. The lowest BCUT2D eigenvalue weighted by molar-refractivity contribution is -0.133. The van der Waals surface area contributed by atoms with Gasteiger partial charge in [-0.2, -0.15) is 0 Å². The number of likely N-dealkylation sites (tertiary alicyclic amines) is 1. The summed E-state index contributed by atoms with van der Waals surface area (Å²) in [5, 5.41) is 9.64. The second-order valence-electron chi connectivity index (χ2n) is 5.51. The summed E-state index contributed by atoms with van der Waals surface area (Å²) >= 11 is 7.05. The van der Waals surface area contributed by atoms with Gasteiger partial charge in [0.1, 0.15) is 0 Å². The number of hydrogen-bond donors (Lipinski definition) is 1. The number of hydrogen-bond acceptors (Lipinski definition) is 4. The van der Waals surface area contributed by atoms with E-state index in [4.69, 9.17) is 11.6 Å². The summed E-state index contributed by atoms with van der Waals surface area (Å²) in [6, 6.07) is 3.39. The first-order valence-corrected chi connectivity index (χ1v) is 8.41. The first-order chi connectivity index (χ1) is 9.97. The molecular weight excluding hydrogens is 310 g/mol. The van der Waals surface area contributed by atoms with Gasteiger partial charge < -0.3 is 10.0 Å². The van der Waals surface area contributed by atoms with Gasteiger partial charge >= 0.3 is 0 Å². The van der Waals surface area contributed by atoms with Crippen LogP contribution in [0.1, 0.15) is 42.3 Å². The Labute approximate surface area is 133 Å². The summed E-state index contributed by atoms with van der Waals surface area (Å²) < 4.78 is 0.584. The number of Topliss-reactive ketones (excluding diaryl/α,β-unsaturated/α-hetero) is 1. The van der Waals surface area contributed by atoms with Crippen molar-refractivity contribution in [3.63, 3.8) is 0 Å². The van der Waals surface area contributed by atoms with Crippen LogP contribution in [-0.2, 0) is 4.79 Å². The number of ketones is 1. The molecule has 1 saturated heterocycles. The molecule has 0 aliphatic carbocycles. The van der Waals surface area contributed by atoms with E-state index in [1.807, 2.05) is 0 Å². The second kappa shape index (κ2) is 7.38. The predicted octanol–water partition coefficient (Wildman–Crippen LogP) is 2.98. The Hall–Kier alpha value is -0.910. The van der Waals surface area contributed by atoms with Crippen molar-refractivity contribution in [3.8, 4) is 0 Å². The van der Waals surface area contributed by atoms with Crippen LogP contribution < -0.4 is 0 Å². The Kier molecular flexibility index (Phi) is 5.79. The quantitative estimate of drug-likeness (QED) is 0.845. The Morgan fingerprint density at radius 2 is 2.24 bits per heavy atom. The van der Waals surface area contributed by atoms with Crippen LogP contribution in [-0.4, -0.2) is 40.9 Å². The molecular formula is C15H20ClNO3S. The van der Waals surface area contributed by atoms with Gasteiger partial charge in [0.15, 0.2) is 5.78 Å². The third-order valence-corrected chi connectivity index (χ3v) is 5.18. The molecule has 1 aromatic rings. The number of thiophene rings is 1. The van der Waals surface area contributed by atoms with E-state index in [9.17, 15) is 14.7 Å². The standard InChI is InChI=1S/C15H20ClNO3S/c1-10(18)11-3-2-8-17(9-11)15(20)7-4-12(19)13-5-6-14(16)21-13/h5-6,10-11,18H,2-4,7-9H2,1H3. The summed E-state index contributed by atoms with van der Waals surface area (Å²) in [5.41, 5.74) is 0. The van der Waals surface area contributed by atoms with Crippen molar-refractivity contribution in [3.05, 3.63) is 21.3 Å². The van der Waals surface area contributed by atoms with Gasteiger partial charge in [0.05, 0.1) is 15.3 Å². The van der Waals surface area contributed by atoms with E-state index >= 15 is 0 Å². The van der Waals surface area contributed by atoms with Crippen LogP contribution >= 0.6 is 22.9 Å². The predicted molar refractivity (Wildman–Crippen MR) is 83.9 cm³/mol. The van der Waals surface area contributed by atoms with Gasteiger partial charge in [0, 0.05) is 31.8 Å². The first kappa shape index (κ1) is 16.5. The number of halogens is 1. The number of nitrogens with zero attached hydrogens (tertiary/aromatic N) is 1. The van der Waals surface area contributed by atoms with Crippen LogP contribution in [0.5, 0.6) is 0 Å². The molecule has 6 heteroatoms. The largest absolute Gasteiger partial charge is 0.393 e. The van der Waals surface area contributed by atoms with E-state index in [0.29, 0.717) is 15.8 Å². The third kappa shape index (κ3) is 4.53. The zero-order chi connectivity index (χ0) is 15.4. The highest BCUT2D eigenvalue weighted by atomic mass is 35.5. The van der Waals surface area contributed by atoms with E-state index in [0.717, 1.165) is 19.4 Å². The molecule has 2 atom stereocenters. The fraction of sp³-hybridized carbons (Fsp3) is 0.600. The van der Waals surface area contributed by atoms with Crippen molar-refractivity contribution in [2.75, 3.05) is 13.1 Å². The van der Waals surface area contributed by atoms with E-state index < -0.39 is 6.10 Å². The van der Waals surface area contributed by atoms with Gasteiger partial charge in [-0.1, -0.05) is 11.6 Å². The molecule has 1 N–H and O–H groups in total. The number of aliphatic hydroxyl groups excluding tert-OH is 1. The van der Waals surface area contributed by atoms with Gasteiger partial charge in [-0.3, -0.25) is 9.59 Å². The molecule has 2 unspecified atom stereocenters. The van der Waals surface area contributed by atoms with Crippen molar-refractivity contribution in [2.24, 2.45) is 5.92 Å². The molecule has 0 saturated carbocycles. The smallest absolute Gasteiger partial charge is 0.223 e. The highest BCUT2D eigenvalue weighted by Gasteiger charge is 2.26. The number of aliphatic hydroxyl groups is 1. The summed E-state index contributed by atoms with van der Waals surface area (Å²) in [6.45, 7) is 3.08. The fourth-order valence-electron chi connectivity index (χ4n) is 2.60. The minimum absolute atomic E-state index is 0.00338. The van der Waals surface area contributed by atoms with Crippen molar-refractivity contribution in [1.29, 1.82) is 0 Å². The van der Waals surface area contributed by atoms with Gasteiger partial charge in [0.25, 0.3) is 0 Å². The van der Waals surface area contributed by atoms with Gasteiger partial charge in [-0.05, 0) is 31.9 Å². The lowest BCUT2D eigenvalue weighted by Gasteiger charge is -2.34. The molecule has 1 aliphatic heterocycles. The fourth-order valence-corrected chi connectivity index (χ4v) is 3.61. The minimum atomic E-state index is -0.393. The van der Waals surface area contributed by atoms with Crippen LogP contribution in [0.25, 0.3) is 0 Å². The van der Waals surface area contributed by atoms with Crippen LogP contribution in [0.3, 0.4) is 0 Å². The summed E-state index contributed by atoms with van der Waals surface area (Å²) in [6.07, 6.45) is 1.91. The van der Waals surface area contributed by atoms with E-state index in [1.54, 1.807) is 24.0 Å². The zero-order valence-corrected chi connectivity index (χ0v) is 13.6. The molecule has 1 fully saturated rings. The van der Waals surface area contributed by atoms with Crippen LogP contribution in [0.4, 0.5) is 0 Å². The summed E-state index contributed by atoms with van der Waals surface area (Å²) in [4.78, 5) is 26.5. The molecule has 2 heterocycles. The normalized spacial score (nSPS) is 20.3. The first-order valence-electron chi connectivity index (χ1n) is 7.21. The monoisotopic (exact) mass is 329 g/mol. The second-order valence-corrected chi connectivity index (χ2v) is 7.22. The highest BCUT2D eigenvalue weighted by Crippen LogP contribution is 2.24. The summed E-state index contributed by atoms with van der Waals surface area (Å²) in [5.74, 6) is 0.107. The van der Waals surface area contributed by atoms with Crippen LogP contribution in [0.15, 0.2) is 12.1 Å². The molecule has 0 radical (unpaired) electrons. The SMILES string of the molecule is CC(O)C1CCCN(C(=O)CCC(=O)c2ccc(Cl)s2)C1. The molecule has 2 rings (SSSR count). The van der Waals surface area contributed by atoms with E-state index in [2.05, 4.69) is 0 Å². The maximum atomic E-state index is 12.2. The van der Waals surface area contributed by atoms with Crippen molar-refractivity contribution < 1.29 is 14.7 Å². The van der Waals surface area contributed by atoms with Crippen molar-refractivity contribution in [2.45, 2.75) is 38.7 Å². The Bertz CT molecular complexity index is 515. The van der Waals surface area contributed by atoms with Crippen molar-refractivity contribution >= 4 is 34.6 Å². The van der Waals surface area contributed by atoms with Crippen LogP contribution in [0.2, 0.25) is 4.34 Å². The van der Waals surface area contributed by atoms with Crippen molar-refractivity contribution in [1.82, 2.24) is 4.90 Å². The summed E-state index contributed by atoms with van der Waals surface area (Å²) in [7, 11) is 0. The average Bonchev–Trinajstić information content (AvgIpc) is 2.91. The minimum Gasteiger partial charge on any atom is -0.393 e. The Morgan fingerprint density at radius 3 is 2.86 bits per heavy atom. The number of carbonyl (C=O) groups excluding carboxylic acids is 2. The molecule has 0 spiro atoms. The number of piperidine rings is 1. The zero-order valence-electron chi connectivity index (χ0n) is 12.0. The highest BCUT2D eigenvalue weighted by molar-refractivity contribution is 7.18. The van der Waals surface area contributed by atoms with Gasteiger partial charge in [-0.15, -0.1) is 11.3 Å². The molecule has 1 amide bonds. The number of amides is 1. The molecule has 0 bridgehead atoms.